The van der Waals surface area contributed by atoms with Gasteiger partial charge in [-0.1, -0.05) is 31.9 Å². The van der Waals surface area contributed by atoms with E-state index in [0.717, 1.165) is 33.9 Å². The van der Waals surface area contributed by atoms with Crippen LogP contribution in [0.5, 0.6) is 0 Å². The maximum absolute atomic E-state index is 12.1. The third-order valence-electron chi connectivity index (χ3n) is 3.64. The maximum atomic E-state index is 12.1. The number of hydrogen-bond acceptors (Lipinski definition) is 1. The average Bonchev–Trinajstić information content (AvgIpc) is 3.07. The Morgan fingerprint density at radius 3 is 2.72 bits per heavy atom. The number of aryl methyl sites for hydroxylation is 1. The molecule has 0 saturated heterocycles. The Balaban J connectivity index is 1.96. The highest BCUT2D eigenvalue weighted by Gasteiger charge is 2.41. The van der Waals surface area contributed by atoms with Crippen molar-refractivity contribution in [3.05, 3.63) is 33.8 Å². The molecule has 1 aromatic carbocycles. The van der Waals surface area contributed by atoms with Crippen molar-refractivity contribution in [1.29, 1.82) is 0 Å². The highest BCUT2D eigenvalue weighted by Crippen LogP contribution is 2.48. The van der Waals surface area contributed by atoms with Gasteiger partial charge in [0, 0.05) is 21.9 Å². The van der Waals surface area contributed by atoms with Crippen molar-refractivity contribution in [1.82, 2.24) is 5.32 Å². The van der Waals surface area contributed by atoms with Crippen molar-refractivity contribution in [2.75, 3.05) is 11.9 Å². The van der Waals surface area contributed by atoms with E-state index in [0.29, 0.717) is 5.41 Å². The third-order valence-corrected chi connectivity index (χ3v) is 4.53. The summed E-state index contributed by atoms with van der Waals surface area (Å²) in [5.74, 6) is 0.0425. The Bertz CT molecular complexity index is 455. The summed E-state index contributed by atoms with van der Waals surface area (Å²) in [6, 6.07) is 5.76. The van der Waals surface area contributed by atoms with Crippen LogP contribution in [0.4, 0.5) is 0 Å². The lowest BCUT2D eigenvalue weighted by Crippen LogP contribution is -2.30. The van der Waals surface area contributed by atoms with E-state index in [1.54, 1.807) is 0 Å². The summed E-state index contributed by atoms with van der Waals surface area (Å²) < 4.78 is 1.01. The van der Waals surface area contributed by atoms with Crippen LogP contribution in [0.3, 0.4) is 0 Å². The van der Waals surface area contributed by atoms with Gasteiger partial charge >= 0.3 is 0 Å². The zero-order valence-electron chi connectivity index (χ0n) is 10.4. The lowest BCUT2D eigenvalue weighted by atomic mass is 10.0. The Morgan fingerprint density at radius 1 is 1.44 bits per heavy atom. The highest BCUT2D eigenvalue weighted by atomic mass is 79.9. The molecule has 4 heteroatoms. The predicted octanol–water partition coefficient (Wildman–Crippen LogP) is 4.05. The first-order valence-electron chi connectivity index (χ1n) is 6.17. The van der Waals surface area contributed by atoms with Crippen molar-refractivity contribution in [2.45, 2.75) is 26.2 Å². The van der Waals surface area contributed by atoms with Crippen LogP contribution >= 0.6 is 31.9 Å². The summed E-state index contributed by atoms with van der Waals surface area (Å²) in [6.45, 7) is 2.76. The molecule has 0 atom stereocenters. The highest BCUT2D eigenvalue weighted by molar-refractivity contribution is 9.10. The first-order chi connectivity index (χ1) is 8.56. The predicted molar refractivity (Wildman–Crippen MR) is 81.3 cm³/mol. The van der Waals surface area contributed by atoms with Crippen molar-refractivity contribution < 1.29 is 4.79 Å². The summed E-state index contributed by atoms with van der Waals surface area (Å²) in [5.41, 5.74) is 2.14. The molecule has 2 nitrogen and oxygen atoms in total. The van der Waals surface area contributed by atoms with E-state index in [1.165, 1.54) is 12.8 Å². The first kappa shape index (κ1) is 14.1. The van der Waals surface area contributed by atoms with Gasteiger partial charge in [0.15, 0.2) is 0 Å². The topological polar surface area (TPSA) is 29.1 Å². The molecule has 18 heavy (non-hydrogen) atoms. The molecule has 1 N–H and O–H groups in total. The van der Waals surface area contributed by atoms with E-state index >= 15 is 0 Å². The lowest BCUT2D eigenvalue weighted by Gasteiger charge is -2.15. The van der Waals surface area contributed by atoms with E-state index in [4.69, 9.17) is 0 Å². The van der Waals surface area contributed by atoms with E-state index in [1.807, 2.05) is 25.1 Å². The number of alkyl halides is 1. The second-order valence-corrected chi connectivity index (χ2v) is 6.79. The second-order valence-electron chi connectivity index (χ2n) is 5.08. The van der Waals surface area contributed by atoms with Crippen LogP contribution < -0.4 is 5.32 Å². The number of halogens is 2. The summed E-state index contributed by atoms with van der Waals surface area (Å²) in [6.07, 6.45) is 3.61. The lowest BCUT2D eigenvalue weighted by molar-refractivity contribution is 0.0944. The van der Waals surface area contributed by atoms with Crippen molar-refractivity contribution in [3.8, 4) is 0 Å². The molecule has 1 fully saturated rings. The quantitative estimate of drug-likeness (QED) is 0.774. The summed E-state index contributed by atoms with van der Waals surface area (Å²) in [7, 11) is 0. The standard InChI is InChI=1S/C14H17Br2NO/c1-10-8-11(16)2-3-12(10)13(18)17-9-14(4-5-14)6-7-15/h2-3,8H,4-7,9H2,1H3,(H,17,18). The largest absolute Gasteiger partial charge is 0.351 e. The molecule has 0 bridgehead atoms. The van der Waals surface area contributed by atoms with Crippen LogP contribution in [-0.4, -0.2) is 17.8 Å². The molecule has 1 amide bonds. The van der Waals surface area contributed by atoms with Crippen molar-refractivity contribution in [3.63, 3.8) is 0 Å². The Hall–Kier alpha value is -0.350. The molecule has 0 heterocycles. The van der Waals surface area contributed by atoms with Crippen LogP contribution in [-0.2, 0) is 0 Å². The fourth-order valence-electron chi connectivity index (χ4n) is 2.14. The van der Waals surface area contributed by atoms with Crippen LogP contribution in [0, 0.1) is 12.3 Å². The molecule has 0 radical (unpaired) electrons. The molecular weight excluding hydrogens is 358 g/mol. The SMILES string of the molecule is Cc1cc(Br)ccc1C(=O)NCC1(CCBr)CC1. The van der Waals surface area contributed by atoms with Gasteiger partial charge in [0.2, 0.25) is 0 Å². The molecule has 2 rings (SSSR count). The van der Waals surface area contributed by atoms with E-state index in [9.17, 15) is 4.79 Å². The molecule has 0 aromatic heterocycles. The number of nitrogens with one attached hydrogen (secondary N) is 1. The minimum Gasteiger partial charge on any atom is -0.351 e. The Labute approximate surface area is 125 Å². The Morgan fingerprint density at radius 2 is 2.17 bits per heavy atom. The zero-order valence-corrected chi connectivity index (χ0v) is 13.6. The molecule has 1 aliphatic carbocycles. The monoisotopic (exact) mass is 373 g/mol. The van der Waals surface area contributed by atoms with Crippen LogP contribution in [0.2, 0.25) is 0 Å². The fraction of sp³-hybridized carbons (Fsp3) is 0.500. The van der Waals surface area contributed by atoms with E-state index < -0.39 is 0 Å². The van der Waals surface area contributed by atoms with Crippen LogP contribution in [0.25, 0.3) is 0 Å². The molecule has 1 saturated carbocycles. The number of rotatable bonds is 5. The second kappa shape index (κ2) is 5.74. The number of hydrogen-bond donors (Lipinski definition) is 1. The number of carbonyl (C=O) groups is 1. The normalized spacial score (nSPS) is 16.4. The fourth-order valence-corrected chi connectivity index (χ4v) is 3.45. The summed E-state index contributed by atoms with van der Waals surface area (Å²) >= 11 is 6.89. The number of carbonyl (C=O) groups excluding carboxylic acids is 1. The van der Waals surface area contributed by atoms with Gasteiger partial charge in [0.25, 0.3) is 5.91 Å². The number of benzene rings is 1. The smallest absolute Gasteiger partial charge is 0.251 e. The molecule has 0 spiro atoms. The van der Waals surface area contributed by atoms with Gasteiger partial charge in [-0.25, -0.2) is 0 Å². The molecule has 1 aliphatic rings. The van der Waals surface area contributed by atoms with Gasteiger partial charge in [0.05, 0.1) is 0 Å². The van der Waals surface area contributed by atoms with Gasteiger partial charge in [-0.3, -0.25) is 4.79 Å². The van der Waals surface area contributed by atoms with Crippen molar-refractivity contribution in [2.24, 2.45) is 5.41 Å². The first-order valence-corrected chi connectivity index (χ1v) is 8.08. The van der Waals surface area contributed by atoms with Gasteiger partial charge in [-0.2, -0.15) is 0 Å². The summed E-state index contributed by atoms with van der Waals surface area (Å²) in [4.78, 5) is 12.1. The summed E-state index contributed by atoms with van der Waals surface area (Å²) in [5, 5.41) is 4.09. The zero-order chi connectivity index (χ0) is 13.2. The van der Waals surface area contributed by atoms with E-state index in [2.05, 4.69) is 37.2 Å². The van der Waals surface area contributed by atoms with Gasteiger partial charge < -0.3 is 5.32 Å². The molecule has 1 aromatic rings. The minimum absolute atomic E-state index is 0.0425. The van der Waals surface area contributed by atoms with Crippen LogP contribution in [0.15, 0.2) is 22.7 Å². The molecule has 0 aliphatic heterocycles. The Kier molecular flexibility index (Phi) is 4.49. The molecule has 98 valence electrons. The number of amides is 1. The van der Waals surface area contributed by atoms with Gasteiger partial charge in [-0.15, -0.1) is 0 Å². The third kappa shape index (κ3) is 3.35. The van der Waals surface area contributed by atoms with Gasteiger partial charge in [-0.05, 0) is 55.4 Å². The van der Waals surface area contributed by atoms with Crippen LogP contribution in [0.1, 0.15) is 35.2 Å². The van der Waals surface area contributed by atoms with E-state index in [-0.39, 0.29) is 5.91 Å². The molecular formula is C14H17Br2NO. The van der Waals surface area contributed by atoms with Gasteiger partial charge in [0.1, 0.15) is 0 Å². The minimum atomic E-state index is 0.0425. The maximum Gasteiger partial charge on any atom is 0.251 e. The average molecular weight is 375 g/mol. The van der Waals surface area contributed by atoms with Crippen molar-refractivity contribution >= 4 is 37.8 Å². The molecule has 0 unspecified atom stereocenters.